The van der Waals surface area contributed by atoms with E-state index >= 15 is 0 Å². The van der Waals surface area contributed by atoms with E-state index in [-0.39, 0.29) is 0 Å². The summed E-state index contributed by atoms with van der Waals surface area (Å²) in [6.07, 6.45) is 3.49. The maximum absolute atomic E-state index is 11.7. The van der Waals surface area contributed by atoms with Gasteiger partial charge in [0.1, 0.15) is 0 Å². The van der Waals surface area contributed by atoms with E-state index in [0.29, 0.717) is 6.54 Å². The molecule has 2 rings (SSSR count). The van der Waals surface area contributed by atoms with Crippen LogP contribution >= 0.6 is 15.9 Å². The summed E-state index contributed by atoms with van der Waals surface area (Å²) in [6, 6.07) is 8.27. The SMILES string of the molecule is CCCC1(C(=O)O)CCCN(Cc2ccc(Br)cc2)C1. The number of carbonyl (C=O) groups is 1. The van der Waals surface area contributed by atoms with Crippen molar-refractivity contribution < 1.29 is 9.90 Å². The highest BCUT2D eigenvalue weighted by molar-refractivity contribution is 9.10. The Labute approximate surface area is 129 Å². The minimum absolute atomic E-state index is 0.539. The number of likely N-dealkylation sites (tertiary alicyclic amines) is 1. The first-order valence-corrected chi connectivity index (χ1v) is 8.05. The lowest BCUT2D eigenvalue weighted by molar-refractivity contribution is -0.153. The molecule has 1 aromatic rings. The molecule has 0 amide bonds. The lowest BCUT2D eigenvalue weighted by Gasteiger charge is -2.40. The number of nitrogens with zero attached hydrogens (tertiary/aromatic N) is 1. The van der Waals surface area contributed by atoms with Gasteiger partial charge in [-0.2, -0.15) is 0 Å². The zero-order valence-corrected chi connectivity index (χ0v) is 13.5. The van der Waals surface area contributed by atoms with E-state index in [1.165, 1.54) is 5.56 Å². The summed E-state index contributed by atoms with van der Waals surface area (Å²) in [6.45, 7) is 4.57. The first-order chi connectivity index (χ1) is 9.55. The number of rotatable bonds is 5. The van der Waals surface area contributed by atoms with Gasteiger partial charge in [0.25, 0.3) is 0 Å². The van der Waals surface area contributed by atoms with E-state index in [9.17, 15) is 9.90 Å². The number of carboxylic acids is 1. The zero-order chi connectivity index (χ0) is 14.6. The normalized spacial score (nSPS) is 23.7. The van der Waals surface area contributed by atoms with Gasteiger partial charge in [-0.05, 0) is 43.5 Å². The van der Waals surface area contributed by atoms with Crippen LogP contribution < -0.4 is 0 Å². The molecule has 0 saturated carbocycles. The fraction of sp³-hybridized carbons (Fsp3) is 0.562. The molecule has 0 aromatic heterocycles. The summed E-state index contributed by atoms with van der Waals surface area (Å²) in [5.41, 5.74) is 0.702. The predicted molar refractivity (Wildman–Crippen MR) is 83.6 cm³/mol. The van der Waals surface area contributed by atoms with Crippen LogP contribution in [0.25, 0.3) is 0 Å². The molecule has 1 atom stereocenters. The van der Waals surface area contributed by atoms with Crippen LogP contribution in [0, 0.1) is 5.41 Å². The Morgan fingerprint density at radius 1 is 1.40 bits per heavy atom. The van der Waals surface area contributed by atoms with Gasteiger partial charge in [-0.25, -0.2) is 0 Å². The quantitative estimate of drug-likeness (QED) is 0.883. The van der Waals surface area contributed by atoms with Crippen molar-refractivity contribution in [3.8, 4) is 0 Å². The molecule has 1 aliphatic rings. The monoisotopic (exact) mass is 339 g/mol. The highest BCUT2D eigenvalue weighted by atomic mass is 79.9. The molecular formula is C16H22BrNO2. The second-order valence-corrected chi connectivity index (χ2v) is 6.69. The fourth-order valence-corrected chi connectivity index (χ4v) is 3.44. The van der Waals surface area contributed by atoms with Gasteiger partial charge in [0, 0.05) is 17.6 Å². The van der Waals surface area contributed by atoms with Crippen LogP contribution in [-0.4, -0.2) is 29.1 Å². The fourth-order valence-electron chi connectivity index (χ4n) is 3.17. The minimum Gasteiger partial charge on any atom is -0.481 e. The topological polar surface area (TPSA) is 40.5 Å². The van der Waals surface area contributed by atoms with Gasteiger partial charge in [-0.15, -0.1) is 0 Å². The largest absolute Gasteiger partial charge is 0.481 e. The van der Waals surface area contributed by atoms with Gasteiger partial charge in [0.15, 0.2) is 0 Å². The number of hydrogen-bond donors (Lipinski definition) is 1. The van der Waals surface area contributed by atoms with Crippen LogP contribution in [0.5, 0.6) is 0 Å². The van der Waals surface area contributed by atoms with Crippen LogP contribution in [0.3, 0.4) is 0 Å². The Morgan fingerprint density at radius 3 is 2.70 bits per heavy atom. The van der Waals surface area contributed by atoms with Crippen molar-refractivity contribution in [3.05, 3.63) is 34.3 Å². The number of piperidine rings is 1. The number of hydrogen-bond acceptors (Lipinski definition) is 2. The van der Waals surface area contributed by atoms with Crippen molar-refractivity contribution in [3.63, 3.8) is 0 Å². The van der Waals surface area contributed by atoms with Crippen LogP contribution in [0.15, 0.2) is 28.7 Å². The molecule has 1 N–H and O–H groups in total. The molecule has 1 aliphatic heterocycles. The van der Waals surface area contributed by atoms with Gasteiger partial charge in [-0.3, -0.25) is 9.69 Å². The van der Waals surface area contributed by atoms with E-state index in [1.54, 1.807) is 0 Å². The second kappa shape index (κ2) is 6.72. The highest BCUT2D eigenvalue weighted by Crippen LogP contribution is 2.35. The smallest absolute Gasteiger partial charge is 0.310 e. The van der Waals surface area contributed by atoms with Crippen molar-refractivity contribution in [2.75, 3.05) is 13.1 Å². The van der Waals surface area contributed by atoms with E-state index in [2.05, 4.69) is 39.9 Å². The van der Waals surface area contributed by atoms with E-state index in [0.717, 1.165) is 43.2 Å². The van der Waals surface area contributed by atoms with Crippen molar-refractivity contribution >= 4 is 21.9 Å². The lowest BCUT2D eigenvalue weighted by Crippen LogP contribution is -2.47. The predicted octanol–water partition coefficient (Wildman–Crippen LogP) is 3.92. The summed E-state index contributed by atoms with van der Waals surface area (Å²) in [4.78, 5) is 14.0. The molecule has 0 radical (unpaired) electrons. The Morgan fingerprint density at radius 2 is 2.10 bits per heavy atom. The van der Waals surface area contributed by atoms with Crippen molar-refractivity contribution in [2.24, 2.45) is 5.41 Å². The van der Waals surface area contributed by atoms with E-state index in [1.807, 2.05) is 12.1 Å². The standard InChI is InChI=1S/C16H22BrNO2/c1-2-8-16(15(19)20)9-3-10-18(12-16)11-13-4-6-14(17)7-5-13/h4-7H,2-3,8-12H2,1H3,(H,19,20). The maximum atomic E-state index is 11.7. The van der Waals surface area contributed by atoms with Crippen LogP contribution in [0.2, 0.25) is 0 Å². The lowest BCUT2D eigenvalue weighted by atomic mass is 9.76. The average Bonchev–Trinajstić information content (AvgIpc) is 2.42. The summed E-state index contributed by atoms with van der Waals surface area (Å²) >= 11 is 3.44. The average molecular weight is 340 g/mol. The molecule has 20 heavy (non-hydrogen) atoms. The first kappa shape index (κ1) is 15.5. The van der Waals surface area contributed by atoms with Gasteiger partial charge < -0.3 is 5.11 Å². The Kier molecular flexibility index (Phi) is 5.22. The highest BCUT2D eigenvalue weighted by Gasteiger charge is 2.41. The molecule has 1 fully saturated rings. The van der Waals surface area contributed by atoms with Crippen LogP contribution in [0.4, 0.5) is 0 Å². The molecule has 1 unspecified atom stereocenters. The van der Waals surface area contributed by atoms with Crippen LogP contribution in [0.1, 0.15) is 38.2 Å². The number of benzene rings is 1. The first-order valence-electron chi connectivity index (χ1n) is 7.26. The molecule has 0 aliphatic carbocycles. The third-order valence-electron chi connectivity index (χ3n) is 4.16. The van der Waals surface area contributed by atoms with Gasteiger partial charge in [0.2, 0.25) is 0 Å². The van der Waals surface area contributed by atoms with Crippen molar-refractivity contribution in [2.45, 2.75) is 39.2 Å². The third kappa shape index (κ3) is 3.61. The second-order valence-electron chi connectivity index (χ2n) is 5.78. The number of aliphatic carboxylic acids is 1. The van der Waals surface area contributed by atoms with Gasteiger partial charge >= 0.3 is 5.97 Å². The van der Waals surface area contributed by atoms with Crippen molar-refractivity contribution in [1.82, 2.24) is 4.90 Å². The number of carboxylic acid groups (broad SMARTS) is 1. The van der Waals surface area contributed by atoms with Crippen molar-refractivity contribution in [1.29, 1.82) is 0 Å². The molecule has 1 aromatic carbocycles. The van der Waals surface area contributed by atoms with Crippen LogP contribution in [-0.2, 0) is 11.3 Å². The Hall–Kier alpha value is -0.870. The Balaban J connectivity index is 2.05. The summed E-state index contributed by atoms with van der Waals surface area (Å²) in [5.74, 6) is -0.625. The molecule has 4 heteroatoms. The molecule has 1 saturated heterocycles. The summed E-state index contributed by atoms with van der Waals surface area (Å²) < 4.78 is 1.07. The van der Waals surface area contributed by atoms with Gasteiger partial charge in [0.05, 0.1) is 5.41 Å². The molecular weight excluding hydrogens is 318 g/mol. The minimum atomic E-state index is -0.625. The molecule has 3 nitrogen and oxygen atoms in total. The number of halogens is 1. The van der Waals surface area contributed by atoms with Gasteiger partial charge in [-0.1, -0.05) is 41.4 Å². The van der Waals surface area contributed by atoms with E-state index in [4.69, 9.17) is 0 Å². The molecule has 110 valence electrons. The maximum Gasteiger partial charge on any atom is 0.310 e. The molecule has 0 spiro atoms. The summed E-state index contributed by atoms with van der Waals surface area (Å²) in [7, 11) is 0. The molecule has 1 heterocycles. The van der Waals surface area contributed by atoms with E-state index < -0.39 is 11.4 Å². The molecule has 0 bridgehead atoms. The third-order valence-corrected chi connectivity index (χ3v) is 4.69. The zero-order valence-electron chi connectivity index (χ0n) is 11.9. The summed E-state index contributed by atoms with van der Waals surface area (Å²) in [5, 5.41) is 9.61. The Bertz CT molecular complexity index is 456.